The maximum absolute atomic E-state index is 13.8. The van der Waals surface area contributed by atoms with E-state index in [0.29, 0.717) is 29.7 Å². The first-order valence-electron chi connectivity index (χ1n) is 10.7. The number of hydrogen-bond donors (Lipinski definition) is 4. The number of pyridine rings is 1. The maximum Gasteiger partial charge on any atom is 0.419 e. The number of anilines is 1. The van der Waals surface area contributed by atoms with Gasteiger partial charge in [0, 0.05) is 49.0 Å². The second kappa shape index (κ2) is 8.64. The van der Waals surface area contributed by atoms with Crippen molar-refractivity contribution >= 4 is 17.0 Å². The molecule has 0 radical (unpaired) electrons. The summed E-state index contributed by atoms with van der Waals surface area (Å²) in [6.07, 6.45) is -0.510. The van der Waals surface area contributed by atoms with E-state index in [9.17, 15) is 13.2 Å². The monoisotopic (exact) mass is 447 g/mol. The van der Waals surface area contributed by atoms with Crippen LogP contribution in [0.5, 0.6) is 0 Å². The van der Waals surface area contributed by atoms with E-state index >= 15 is 0 Å². The minimum atomic E-state index is -4.58. The van der Waals surface area contributed by atoms with Crippen LogP contribution in [0.25, 0.3) is 22.3 Å². The van der Waals surface area contributed by atoms with Crippen LogP contribution in [0.3, 0.4) is 0 Å². The smallest absolute Gasteiger partial charge is 0.369 e. The molecule has 3 aromatic heterocycles. The average molecular weight is 447 g/mol. The molecule has 2 atom stereocenters. The Morgan fingerprint density at radius 1 is 1.09 bits per heavy atom. The number of aromatic amines is 1. The molecule has 0 saturated carbocycles. The van der Waals surface area contributed by atoms with Crippen molar-refractivity contribution in [3.05, 3.63) is 35.8 Å². The fourth-order valence-electron chi connectivity index (χ4n) is 4.17. The predicted molar refractivity (Wildman–Crippen MR) is 113 cm³/mol. The lowest BCUT2D eigenvalue weighted by Crippen LogP contribution is -2.38. The van der Waals surface area contributed by atoms with Gasteiger partial charge in [0.15, 0.2) is 0 Å². The number of hydrogen-bond acceptors (Lipinski definition) is 7. The highest BCUT2D eigenvalue weighted by Crippen LogP contribution is 2.38. The number of ether oxygens (including phenoxy) is 1. The van der Waals surface area contributed by atoms with Gasteiger partial charge in [-0.25, -0.2) is 15.0 Å². The zero-order valence-corrected chi connectivity index (χ0v) is 17.3. The van der Waals surface area contributed by atoms with Crippen molar-refractivity contribution in [3.8, 4) is 11.3 Å². The number of H-pyrrole nitrogens is 1. The van der Waals surface area contributed by atoms with Gasteiger partial charge in [0.2, 0.25) is 5.95 Å². The molecule has 2 aliphatic heterocycles. The van der Waals surface area contributed by atoms with E-state index in [4.69, 9.17) is 4.74 Å². The number of nitrogens with zero attached hydrogens (tertiary/aromatic N) is 3. The Bertz CT molecular complexity index is 1090. The fourth-order valence-corrected chi connectivity index (χ4v) is 4.17. The molecule has 8 nitrogen and oxygen atoms in total. The minimum absolute atomic E-state index is 0.0737. The summed E-state index contributed by atoms with van der Waals surface area (Å²) in [5.74, 6) is 0.183. The third-order valence-corrected chi connectivity index (χ3v) is 5.80. The van der Waals surface area contributed by atoms with E-state index in [-0.39, 0.29) is 23.8 Å². The van der Waals surface area contributed by atoms with E-state index in [1.807, 2.05) is 0 Å². The summed E-state index contributed by atoms with van der Waals surface area (Å²) in [6, 6.07) is 3.63. The summed E-state index contributed by atoms with van der Waals surface area (Å²) in [5, 5.41) is 10.2. The highest BCUT2D eigenvalue weighted by Gasteiger charge is 2.36. The normalized spacial score (nSPS) is 22.2. The molecule has 0 aliphatic carbocycles. The summed E-state index contributed by atoms with van der Waals surface area (Å²) in [5.41, 5.74) is 0.499. The lowest BCUT2D eigenvalue weighted by Gasteiger charge is -2.24. The van der Waals surface area contributed by atoms with Crippen LogP contribution in [0.15, 0.2) is 24.5 Å². The highest BCUT2D eigenvalue weighted by atomic mass is 19.4. The van der Waals surface area contributed by atoms with Crippen molar-refractivity contribution in [1.29, 1.82) is 0 Å². The highest BCUT2D eigenvalue weighted by molar-refractivity contribution is 5.93. The second-order valence-corrected chi connectivity index (χ2v) is 8.04. The molecule has 0 spiro atoms. The average Bonchev–Trinajstić information content (AvgIpc) is 3.23. The van der Waals surface area contributed by atoms with Crippen molar-refractivity contribution in [2.24, 2.45) is 0 Å². The van der Waals surface area contributed by atoms with Crippen molar-refractivity contribution in [3.63, 3.8) is 0 Å². The summed E-state index contributed by atoms with van der Waals surface area (Å²) >= 11 is 0. The van der Waals surface area contributed by atoms with E-state index < -0.39 is 11.7 Å². The fraction of sp³-hybridized carbons (Fsp3) is 0.476. The predicted octanol–water partition coefficient (Wildman–Crippen LogP) is 2.86. The van der Waals surface area contributed by atoms with Crippen molar-refractivity contribution in [2.75, 3.05) is 38.1 Å². The minimum Gasteiger partial charge on any atom is -0.369 e. The van der Waals surface area contributed by atoms with Gasteiger partial charge in [0.05, 0.1) is 18.0 Å². The summed E-state index contributed by atoms with van der Waals surface area (Å²) < 4.78 is 47.1. The van der Waals surface area contributed by atoms with Crippen LogP contribution < -0.4 is 16.0 Å². The van der Waals surface area contributed by atoms with Gasteiger partial charge in [0.1, 0.15) is 17.3 Å². The second-order valence-electron chi connectivity index (χ2n) is 8.04. The number of nitrogens with one attached hydrogen (secondary N) is 4. The molecule has 2 fully saturated rings. The third kappa shape index (κ3) is 4.27. The van der Waals surface area contributed by atoms with Crippen LogP contribution in [-0.2, 0) is 10.9 Å². The number of rotatable bonds is 4. The van der Waals surface area contributed by atoms with Gasteiger partial charge in [-0.15, -0.1) is 0 Å². The molecule has 170 valence electrons. The van der Waals surface area contributed by atoms with Gasteiger partial charge in [-0.3, -0.25) is 0 Å². The Balaban J connectivity index is 1.52. The molecule has 5 rings (SSSR count). The standard InChI is InChI=1S/C21H24F3N7O/c22-21(23,24)15-10-28-20(29-12-2-1-5-25-8-12)31-18(15)14-9-27-19-13(14)3-4-16(30-19)17-11-26-6-7-32-17/h3-4,9-10,12,17,25-26H,1-2,5-8,11H2,(H,27,30)(H,28,29,31)/t12-,17?/m0/s1. The maximum atomic E-state index is 13.8. The molecular formula is C21H24F3N7O. The molecule has 2 saturated heterocycles. The first-order valence-corrected chi connectivity index (χ1v) is 10.7. The molecule has 5 heterocycles. The topological polar surface area (TPSA) is 99.8 Å². The largest absolute Gasteiger partial charge is 0.419 e. The molecule has 2 aliphatic rings. The number of morpholine rings is 1. The molecule has 0 aromatic carbocycles. The Kier molecular flexibility index (Phi) is 5.70. The molecule has 0 bridgehead atoms. The van der Waals surface area contributed by atoms with Crippen LogP contribution >= 0.6 is 0 Å². The number of aromatic nitrogens is 4. The number of alkyl halides is 3. The van der Waals surface area contributed by atoms with E-state index in [2.05, 4.69) is 35.9 Å². The zero-order chi connectivity index (χ0) is 22.1. The van der Waals surface area contributed by atoms with Gasteiger partial charge in [-0.2, -0.15) is 13.2 Å². The van der Waals surface area contributed by atoms with E-state index in [0.717, 1.165) is 44.4 Å². The van der Waals surface area contributed by atoms with Crippen LogP contribution in [0, 0.1) is 0 Å². The summed E-state index contributed by atoms with van der Waals surface area (Å²) in [7, 11) is 0. The Morgan fingerprint density at radius 2 is 1.97 bits per heavy atom. The molecular weight excluding hydrogens is 423 g/mol. The molecule has 4 N–H and O–H groups in total. The number of halogens is 3. The number of piperidine rings is 1. The van der Waals surface area contributed by atoms with Gasteiger partial charge in [0.25, 0.3) is 0 Å². The van der Waals surface area contributed by atoms with Gasteiger partial charge in [-0.05, 0) is 31.5 Å². The first-order chi connectivity index (χ1) is 15.5. The molecule has 3 aromatic rings. The quantitative estimate of drug-likeness (QED) is 0.488. The molecule has 0 amide bonds. The lowest BCUT2D eigenvalue weighted by molar-refractivity contribution is -0.137. The molecule has 1 unspecified atom stereocenters. The van der Waals surface area contributed by atoms with Crippen LogP contribution in [0.4, 0.5) is 19.1 Å². The third-order valence-electron chi connectivity index (χ3n) is 5.80. The van der Waals surface area contributed by atoms with Gasteiger partial charge < -0.3 is 25.7 Å². The van der Waals surface area contributed by atoms with Crippen molar-refractivity contribution in [1.82, 2.24) is 30.6 Å². The lowest BCUT2D eigenvalue weighted by atomic mass is 10.1. The Labute approximate surface area is 182 Å². The van der Waals surface area contributed by atoms with Crippen molar-refractivity contribution < 1.29 is 17.9 Å². The van der Waals surface area contributed by atoms with E-state index in [1.54, 1.807) is 12.1 Å². The summed E-state index contributed by atoms with van der Waals surface area (Å²) in [4.78, 5) is 15.8. The van der Waals surface area contributed by atoms with Gasteiger partial charge in [-0.1, -0.05) is 0 Å². The first kappa shape index (κ1) is 21.1. The van der Waals surface area contributed by atoms with Crippen molar-refractivity contribution in [2.45, 2.75) is 31.2 Å². The SMILES string of the molecule is FC(F)(F)c1cnc(N[C@H]2CCCNC2)nc1-c1c[nH]c2nc(C3CNCCO3)ccc12. The Hall–Kier alpha value is -2.76. The van der Waals surface area contributed by atoms with Crippen LogP contribution in [0.1, 0.15) is 30.2 Å². The van der Waals surface area contributed by atoms with Gasteiger partial charge >= 0.3 is 6.18 Å². The zero-order valence-electron chi connectivity index (χ0n) is 17.3. The Morgan fingerprint density at radius 3 is 2.72 bits per heavy atom. The molecule has 32 heavy (non-hydrogen) atoms. The van der Waals surface area contributed by atoms with Crippen LogP contribution in [-0.4, -0.2) is 58.8 Å². The molecule has 11 heteroatoms. The van der Waals surface area contributed by atoms with E-state index in [1.165, 1.54) is 6.20 Å². The summed E-state index contributed by atoms with van der Waals surface area (Å²) in [6.45, 7) is 3.66. The number of fused-ring (bicyclic) bond motifs is 1. The van der Waals surface area contributed by atoms with Crippen LogP contribution in [0.2, 0.25) is 0 Å².